The van der Waals surface area contributed by atoms with E-state index >= 15 is 0 Å². The number of nitrogens with zero attached hydrogens (tertiary/aromatic N) is 2. The first kappa shape index (κ1) is 25.2. The van der Waals surface area contributed by atoms with E-state index in [1.807, 2.05) is 18.2 Å². The van der Waals surface area contributed by atoms with Gasteiger partial charge in [0.1, 0.15) is 18.0 Å². The maximum absolute atomic E-state index is 13.9. The highest BCUT2D eigenvalue weighted by Crippen LogP contribution is 2.40. The molecule has 1 aromatic carbocycles. The van der Waals surface area contributed by atoms with Crippen LogP contribution in [0, 0.1) is 0 Å². The summed E-state index contributed by atoms with van der Waals surface area (Å²) in [5.41, 5.74) is 1.78. The van der Waals surface area contributed by atoms with Crippen LogP contribution in [-0.4, -0.2) is 53.3 Å². The van der Waals surface area contributed by atoms with Gasteiger partial charge in [-0.2, -0.15) is 13.2 Å². The summed E-state index contributed by atoms with van der Waals surface area (Å²) in [6, 6.07) is 8.41. The number of H-pyrrole nitrogens is 1. The Hall–Kier alpha value is -3.50. The Bertz CT molecular complexity index is 1380. The average molecular weight is 514 g/mol. The number of fused-ring (bicyclic) bond motifs is 3. The molecule has 0 radical (unpaired) electrons. The summed E-state index contributed by atoms with van der Waals surface area (Å²) >= 11 is 0. The van der Waals surface area contributed by atoms with Gasteiger partial charge in [-0.25, -0.2) is 4.98 Å². The number of benzene rings is 1. The minimum absolute atomic E-state index is 0.0631. The molecule has 0 spiro atoms. The number of aldehydes is 1. The molecule has 0 amide bonds. The maximum atomic E-state index is 13.9. The second kappa shape index (κ2) is 10.9. The Balaban J connectivity index is 1.23. The third-order valence-electron chi connectivity index (χ3n) is 6.39. The van der Waals surface area contributed by atoms with Gasteiger partial charge in [-0.3, -0.25) is 4.98 Å². The average Bonchev–Trinajstić information content (AvgIpc) is 3.23. The van der Waals surface area contributed by atoms with E-state index in [0.717, 1.165) is 34.2 Å². The van der Waals surface area contributed by atoms with Crippen LogP contribution in [0.1, 0.15) is 31.2 Å². The summed E-state index contributed by atoms with van der Waals surface area (Å²) in [6.45, 7) is 1.37. The molecular weight excluding hydrogens is 487 g/mol. The van der Waals surface area contributed by atoms with Crippen molar-refractivity contribution in [2.45, 2.75) is 44.1 Å². The molecule has 0 atom stereocenters. The van der Waals surface area contributed by atoms with E-state index in [1.165, 1.54) is 6.20 Å². The van der Waals surface area contributed by atoms with Gasteiger partial charge in [-0.1, -0.05) is 12.1 Å². The zero-order valence-corrected chi connectivity index (χ0v) is 20.0. The van der Waals surface area contributed by atoms with Gasteiger partial charge < -0.3 is 24.0 Å². The van der Waals surface area contributed by atoms with Crippen LogP contribution >= 0.6 is 0 Å². The molecule has 1 aliphatic carbocycles. The van der Waals surface area contributed by atoms with Crippen LogP contribution in [0.2, 0.25) is 0 Å². The van der Waals surface area contributed by atoms with Crippen molar-refractivity contribution in [2.24, 2.45) is 0 Å². The number of carbonyl (C=O) groups excluding carboxylic acids is 1. The summed E-state index contributed by atoms with van der Waals surface area (Å²) in [6.07, 6.45) is 2.64. The van der Waals surface area contributed by atoms with Crippen LogP contribution in [0.5, 0.6) is 5.88 Å². The number of aromatic nitrogens is 3. The number of carbonyl (C=O) groups is 1. The molecule has 0 saturated heterocycles. The van der Waals surface area contributed by atoms with Gasteiger partial charge in [0.25, 0.3) is 0 Å². The van der Waals surface area contributed by atoms with Gasteiger partial charge in [0, 0.05) is 78.4 Å². The van der Waals surface area contributed by atoms with Gasteiger partial charge in [0.2, 0.25) is 5.88 Å². The number of aromatic amines is 1. The Labute approximate surface area is 211 Å². The quantitative estimate of drug-likeness (QED) is 0.204. The number of ether oxygens (including phenoxy) is 3. The van der Waals surface area contributed by atoms with Crippen molar-refractivity contribution in [3.05, 3.63) is 54.5 Å². The molecule has 5 rings (SSSR count). The van der Waals surface area contributed by atoms with E-state index in [-0.39, 0.29) is 12.2 Å². The van der Waals surface area contributed by atoms with Crippen molar-refractivity contribution in [2.75, 3.05) is 19.8 Å². The van der Waals surface area contributed by atoms with E-state index in [4.69, 9.17) is 14.2 Å². The number of pyridine rings is 2. The summed E-state index contributed by atoms with van der Waals surface area (Å²) < 4.78 is 58.3. The molecule has 1 N–H and O–H groups in total. The van der Waals surface area contributed by atoms with Crippen LogP contribution in [0.3, 0.4) is 0 Å². The topological polar surface area (TPSA) is 86.3 Å². The molecule has 0 unspecified atom stereocenters. The molecule has 1 aliphatic rings. The van der Waals surface area contributed by atoms with E-state index in [0.29, 0.717) is 56.6 Å². The van der Waals surface area contributed by atoms with Crippen molar-refractivity contribution in [1.82, 2.24) is 15.0 Å². The minimum Gasteiger partial charge on any atom is -0.474 e. The molecule has 0 aliphatic heterocycles. The van der Waals surface area contributed by atoms with Crippen molar-refractivity contribution < 1.29 is 32.2 Å². The monoisotopic (exact) mass is 513 g/mol. The zero-order valence-electron chi connectivity index (χ0n) is 20.0. The third-order valence-corrected chi connectivity index (χ3v) is 6.39. The molecule has 0 bridgehead atoms. The highest BCUT2D eigenvalue weighted by molar-refractivity contribution is 6.07. The molecule has 37 heavy (non-hydrogen) atoms. The van der Waals surface area contributed by atoms with E-state index in [2.05, 4.69) is 15.0 Å². The fraction of sp³-hybridized carbons (Fsp3) is 0.370. The van der Waals surface area contributed by atoms with Crippen molar-refractivity contribution in [3.63, 3.8) is 0 Å². The molecule has 194 valence electrons. The number of hydrogen-bond acceptors (Lipinski definition) is 6. The predicted molar refractivity (Wildman–Crippen MR) is 131 cm³/mol. The first-order valence-corrected chi connectivity index (χ1v) is 12.1. The molecule has 4 aromatic rings. The standard InChI is InChI=1S/C27H26F3N3O4/c28-27(29,30)23-11-18(17-3-4-21-22-16-31-6-5-24(22)33-25(21)12-17)15-32-26(23)37-20-13-19(14-20)36-10-2-9-35-8-1-7-34/h3-7,11-12,15-16,19-20,33H,1-2,8-10,13-14H2/t19-,20-. The number of rotatable bonds is 11. The first-order chi connectivity index (χ1) is 17.9. The van der Waals surface area contributed by atoms with Crippen molar-refractivity contribution in [1.29, 1.82) is 0 Å². The van der Waals surface area contributed by atoms with Crippen LogP contribution in [0.15, 0.2) is 48.9 Å². The fourth-order valence-electron chi connectivity index (χ4n) is 4.38. The normalized spacial score (nSPS) is 17.7. The molecule has 7 nitrogen and oxygen atoms in total. The van der Waals surface area contributed by atoms with Crippen molar-refractivity contribution >= 4 is 28.1 Å². The number of halogens is 3. The van der Waals surface area contributed by atoms with Crippen LogP contribution in [-0.2, 0) is 20.4 Å². The first-order valence-electron chi connectivity index (χ1n) is 12.1. The lowest BCUT2D eigenvalue weighted by Gasteiger charge is -2.35. The lowest BCUT2D eigenvalue weighted by atomic mass is 9.92. The zero-order chi connectivity index (χ0) is 25.8. The summed E-state index contributed by atoms with van der Waals surface area (Å²) in [5.74, 6) is -0.416. The van der Waals surface area contributed by atoms with Gasteiger partial charge in [0.15, 0.2) is 0 Å². The van der Waals surface area contributed by atoms with Crippen LogP contribution in [0.25, 0.3) is 32.9 Å². The second-order valence-corrected chi connectivity index (χ2v) is 9.01. The van der Waals surface area contributed by atoms with Crippen LogP contribution in [0.4, 0.5) is 13.2 Å². The number of nitrogens with one attached hydrogen (secondary N) is 1. The minimum atomic E-state index is -4.61. The van der Waals surface area contributed by atoms with Crippen molar-refractivity contribution in [3.8, 4) is 17.0 Å². The van der Waals surface area contributed by atoms with Gasteiger partial charge in [-0.15, -0.1) is 0 Å². The Kier molecular flexibility index (Phi) is 7.38. The SMILES string of the molecule is O=CCCOCCCO[C@H]1C[C@H](Oc2ncc(-c3ccc4c(c3)[nH]c3ccncc34)cc2C(F)(F)F)C1. The van der Waals surface area contributed by atoms with Crippen LogP contribution < -0.4 is 4.74 Å². The van der Waals surface area contributed by atoms with E-state index < -0.39 is 17.6 Å². The molecule has 10 heteroatoms. The molecule has 1 saturated carbocycles. The maximum Gasteiger partial charge on any atom is 0.421 e. The predicted octanol–water partition coefficient (Wildman–Crippen LogP) is 5.72. The Morgan fingerprint density at radius 2 is 1.84 bits per heavy atom. The summed E-state index contributed by atoms with van der Waals surface area (Å²) in [7, 11) is 0. The Morgan fingerprint density at radius 3 is 2.65 bits per heavy atom. The van der Waals surface area contributed by atoms with Gasteiger partial charge in [-0.05, 0) is 30.2 Å². The smallest absolute Gasteiger partial charge is 0.421 e. The molecule has 1 fully saturated rings. The molecule has 3 heterocycles. The van der Waals surface area contributed by atoms with Gasteiger partial charge in [0.05, 0.1) is 12.7 Å². The second-order valence-electron chi connectivity index (χ2n) is 9.01. The number of alkyl halides is 3. The Morgan fingerprint density at radius 1 is 0.973 bits per heavy atom. The molecular formula is C27H26F3N3O4. The lowest BCUT2D eigenvalue weighted by Crippen LogP contribution is -2.40. The summed E-state index contributed by atoms with van der Waals surface area (Å²) in [5, 5.41) is 1.90. The summed E-state index contributed by atoms with van der Waals surface area (Å²) in [4.78, 5) is 21.7. The van der Waals surface area contributed by atoms with E-state index in [1.54, 1.807) is 18.5 Å². The largest absolute Gasteiger partial charge is 0.474 e. The molecule has 3 aromatic heterocycles. The van der Waals surface area contributed by atoms with E-state index in [9.17, 15) is 18.0 Å². The van der Waals surface area contributed by atoms with Gasteiger partial charge >= 0.3 is 6.18 Å². The lowest BCUT2D eigenvalue weighted by molar-refractivity contribution is -0.141. The fourth-order valence-corrected chi connectivity index (χ4v) is 4.38. The number of hydrogen-bond donors (Lipinski definition) is 1. The highest BCUT2D eigenvalue weighted by Gasteiger charge is 2.39. The third kappa shape index (κ3) is 5.75. The highest BCUT2D eigenvalue weighted by atomic mass is 19.4.